The van der Waals surface area contributed by atoms with Gasteiger partial charge in [0.1, 0.15) is 0 Å². The van der Waals surface area contributed by atoms with Crippen molar-refractivity contribution in [1.29, 1.82) is 0 Å². The smallest absolute Gasteiger partial charge is 0.0695 e. The first-order chi connectivity index (χ1) is 6.81. The Bertz CT molecular complexity index is 177. The molecule has 2 heteroatoms. The molecule has 0 radical (unpaired) electrons. The predicted octanol–water partition coefficient (Wildman–Crippen LogP) is 2.02. The SMILES string of the molecule is CCC1CN(C2CCCCCC2O)C1. The first-order valence-corrected chi connectivity index (χ1v) is 6.23. The highest BCUT2D eigenvalue weighted by molar-refractivity contribution is 4.89. The summed E-state index contributed by atoms with van der Waals surface area (Å²) in [6, 6.07) is 0.486. The number of hydrogen-bond donors (Lipinski definition) is 1. The summed E-state index contributed by atoms with van der Waals surface area (Å²) in [5.74, 6) is 0.908. The van der Waals surface area contributed by atoms with Crippen LogP contribution in [0.5, 0.6) is 0 Å². The maximum absolute atomic E-state index is 10.0. The molecule has 2 rings (SSSR count). The molecule has 14 heavy (non-hydrogen) atoms. The van der Waals surface area contributed by atoms with Crippen LogP contribution in [0, 0.1) is 5.92 Å². The molecule has 2 unspecified atom stereocenters. The molecule has 0 spiro atoms. The highest BCUT2D eigenvalue weighted by Gasteiger charge is 2.35. The second kappa shape index (κ2) is 4.63. The van der Waals surface area contributed by atoms with Gasteiger partial charge in [-0.2, -0.15) is 0 Å². The Labute approximate surface area is 87.3 Å². The molecular weight excluding hydrogens is 174 g/mol. The lowest BCUT2D eigenvalue weighted by molar-refractivity contribution is -0.0202. The third-order valence-electron chi connectivity index (χ3n) is 3.98. The second-order valence-electron chi connectivity index (χ2n) is 5.00. The number of likely N-dealkylation sites (tertiary alicyclic amines) is 1. The summed E-state index contributed by atoms with van der Waals surface area (Å²) in [5.41, 5.74) is 0. The van der Waals surface area contributed by atoms with E-state index in [1.165, 1.54) is 45.2 Å². The Morgan fingerprint density at radius 2 is 1.86 bits per heavy atom. The summed E-state index contributed by atoms with van der Waals surface area (Å²) in [4.78, 5) is 2.50. The van der Waals surface area contributed by atoms with Crippen LogP contribution in [0.15, 0.2) is 0 Å². The van der Waals surface area contributed by atoms with Gasteiger partial charge in [-0.15, -0.1) is 0 Å². The zero-order valence-corrected chi connectivity index (χ0v) is 9.28. The van der Waals surface area contributed by atoms with Gasteiger partial charge in [0.25, 0.3) is 0 Å². The van der Waals surface area contributed by atoms with Crippen LogP contribution in [-0.2, 0) is 0 Å². The normalized spacial score (nSPS) is 36.4. The Morgan fingerprint density at radius 3 is 2.57 bits per heavy atom. The van der Waals surface area contributed by atoms with Gasteiger partial charge in [0, 0.05) is 19.1 Å². The minimum atomic E-state index is -0.0460. The summed E-state index contributed by atoms with van der Waals surface area (Å²) in [5, 5.41) is 10.0. The summed E-state index contributed by atoms with van der Waals surface area (Å²) in [7, 11) is 0. The first-order valence-electron chi connectivity index (χ1n) is 6.23. The molecule has 0 aromatic rings. The molecule has 1 aliphatic heterocycles. The fraction of sp³-hybridized carbons (Fsp3) is 1.00. The van der Waals surface area contributed by atoms with E-state index >= 15 is 0 Å². The molecule has 2 atom stereocenters. The van der Waals surface area contributed by atoms with Gasteiger partial charge in [-0.1, -0.05) is 32.6 Å². The molecule has 0 aromatic heterocycles. The predicted molar refractivity (Wildman–Crippen MR) is 58.2 cm³/mol. The summed E-state index contributed by atoms with van der Waals surface area (Å²) in [6.45, 7) is 4.74. The minimum absolute atomic E-state index is 0.0460. The van der Waals surface area contributed by atoms with Crippen molar-refractivity contribution in [1.82, 2.24) is 4.90 Å². The third-order valence-corrected chi connectivity index (χ3v) is 3.98. The molecule has 0 aromatic carbocycles. The van der Waals surface area contributed by atoms with Crippen molar-refractivity contribution in [2.45, 2.75) is 57.6 Å². The highest BCUT2D eigenvalue weighted by Crippen LogP contribution is 2.29. The van der Waals surface area contributed by atoms with Gasteiger partial charge >= 0.3 is 0 Å². The van der Waals surface area contributed by atoms with Gasteiger partial charge in [-0.3, -0.25) is 4.90 Å². The van der Waals surface area contributed by atoms with Crippen molar-refractivity contribution in [2.75, 3.05) is 13.1 Å². The lowest BCUT2D eigenvalue weighted by atomic mass is 9.92. The average molecular weight is 197 g/mol. The molecule has 0 bridgehead atoms. The van der Waals surface area contributed by atoms with E-state index in [-0.39, 0.29) is 6.10 Å². The Kier molecular flexibility index (Phi) is 3.45. The standard InChI is InChI=1S/C12H23NO/c1-2-10-8-13(9-10)11-6-4-3-5-7-12(11)14/h10-12,14H,2-9H2,1H3. The third kappa shape index (κ3) is 2.12. The second-order valence-corrected chi connectivity index (χ2v) is 5.00. The maximum Gasteiger partial charge on any atom is 0.0695 e. The maximum atomic E-state index is 10.0. The lowest BCUT2D eigenvalue weighted by Gasteiger charge is -2.45. The number of aliphatic hydroxyl groups excluding tert-OH is 1. The van der Waals surface area contributed by atoms with Crippen molar-refractivity contribution in [3.05, 3.63) is 0 Å². The van der Waals surface area contributed by atoms with Crippen molar-refractivity contribution in [2.24, 2.45) is 5.92 Å². The first kappa shape index (κ1) is 10.4. The van der Waals surface area contributed by atoms with E-state index in [2.05, 4.69) is 11.8 Å². The lowest BCUT2D eigenvalue weighted by Crippen LogP contribution is -2.55. The Morgan fingerprint density at radius 1 is 1.14 bits per heavy atom. The van der Waals surface area contributed by atoms with Gasteiger partial charge in [0.15, 0.2) is 0 Å². The van der Waals surface area contributed by atoms with E-state index in [1.807, 2.05) is 0 Å². The molecule has 1 aliphatic carbocycles. The minimum Gasteiger partial charge on any atom is -0.391 e. The fourth-order valence-electron chi connectivity index (χ4n) is 2.83. The summed E-state index contributed by atoms with van der Waals surface area (Å²) < 4.78 is 0. The van der Waals surface area contributed by atoms with Crippen molar-refractivity contribution >= 4 is 0 Å². The van der Waals surface area contributed by atoms with Crippen LogP contribution in [0.25, 0.3) is 0 Å². The van der Waals surface area contributed by atoms with E-state index in [4.69, 9.17) is 0 Å². The topological polar surface area (TPSA) is 23.5 Å². The molecular formula is C12H23NO. The van der Waals surface area contributed by atoms with Crippen LogP contribution >= 0.6 is 0 Å². The molecule has 1 N–H and O–H groups in total. The van der Waals surface area contributed by atoms with E-state index in [0.29, 0.717) is 6.04 Å². The quantitative estimate of drug-likeness (QED) is 0.685. The number of aliphatic hydroxyl groups is 1. The largest absolute Gasteiger partial charge is 0.391 e. The van der Waals surface area contributed by atoms with Crippen molar-refractivity contribution < 1.29 is 5.11 Å². The molecule has 2 fully saturated rings. The summed E-state index contributed by atoms with van der Waals surface area (Å²) >= 11 is 0. The van der Waals surface area contributed by atoms with Gasteiger partial charge in [-0.25, -0.2) is 0 Å². The van der Waals surface area contributed by atoms with E-state index in [9.17, 15) is 5.11 Å². The van der Waals surface area contributed by atoms with E-state index in [0.717, 1.165) is 12.3 Å². The molecule has 1 saturated heterocycles. The summed E-state index contributed by atoms with van der Waals surface area (Å²) in [6.07, 6.45) is 7.36. The van der Waals surface area contributed by atoms with Crippen LogP contribution in [0.1, 0.15) is 45.4 Å². The molecule has 2 aliphatic rings. The van der Waals surface area contributed by atoms with Crippen LogP contribution in [0.4, 0.5) is 0 Å². The van der Waals surface area contributed by atoms with Crippen molar-refractivity contribution in [3.63, 3.8) is 0 Å². The zero-order chi connectivity index (χ0) is 9.97. The van der Waals surface area contributed by atoms with E-state index < -0.39 is 0 Å². The van der Waals surface area contributed by atoms with Crippen molar-refractivity contribution in [3.8, 4) is 0 Å². The van der Waals surface area contributed by atoms with Crippen LogP contribution < -0.4 is 0 Å². The van der Waals surface area contributed by atoms with Gasteiger partial charge in [0.05, 0.1) is 6.10 Å². The van der Waals surface area contributed by atoms with Crippen LogP contribution in [-0.4, -0.2) is 35.2 Å². The van der Waals surface area contributed by atoms with Crippen LogP contribution in [0.2, 0.25) is 0 Å². The monoisotopic (exact) mass is 197 g/mol. The number of hydrogen-bond acceptors (Lipinski definition) is 2. The Balaban J connectivity index is 1.83. The Hall–Kier alpha value is -0.0800. The molecule has 0 amide bonds. The van der Waals surface area contributed by atoms with E-state index in [1.54, 1.807) is 0 Å². The zero-order valence-electron chi connectivity index (χ0n) is 9.28. The molecule has 1 saturated carbocycles. The number of nitrogens with zero attached hydrogens (tertiary/aromatic N) is 1. The molecule has 1 heterocycles. The van der Waals surface area contributed by atoms with Gasteiger partial charge in [0.2, 0.25) is 0 Å². The highest BCUT2D eigenvalue weighted by atomic mass is 16.3. The van der Waals surface area contributed by atoms with Crippen LogP contribution in [0.3, 0.4) is 0 Å². The van der Waals surface area contributed by atoms with Gasteiger partial charge in [-0.05, 0) is 18.8 Å². The van der Waals surface area contributed by atoms with Gasteiger partial charge < -0.3 is 5.11 Å². The molecule has 82 valence electrons. The molecule has 2 nitrogen and oxygen atoms in total. The average Bonchev–Trinajstić information content (AvgIpc) is 2.30. The number of rotatable bonds is 2. The fourth-order valence-corrected chi connectivity index (χ4v) is 2.83.